The molecule has 1 aliphatic rings. The van der Waals surface area contributed by atoms with Crippen molar-refractivity contribution in [2.75, 3.05) is 13.1 Å². The number of benzene rings is 1. The van der Waals surface area contributed by atoms with Gasteiger partial charge in [0.2, 0.25) is 0 Å². The third-order valence-electron chi connectivity index (χ3n) is 3.84. The van der Waals surface area contributed by atoms with E-state index in [9.17, 15) is 4.79 Å². The zero-order chi connectivity index (χ0) is 14.9. The molecule has 7 heteroatoms. The maximum Gasteiger partial charge on any atom is 0.272 e. The van der Waals surface area contributed by atoms with Crippen molar-refractivity contribution in [2.45, 2.75) is 6.04 Å². The summed E-state index contributed by atoms with van der Waals surface area (Å²) in [5.41, 5.74) is 2.27. The molecule has 7 nitrogen and oxygen atoms in total. The third kappa shape index (κ3) is 2.16. The van der Waals surface area contributed by atoms with Crippen molar-refractivity contribution in [1.82, 2.24) is 30.1 Å². The van der Waals surface area contributed by atoms with Gasteiger partial charge in [-0.2, -0.15) is 5.10 Å². The number of amides is 1. The molecule has 110 valence electrons. The van der Waals surface area contributed by atoms with E-state index in [1.807, 2.05) is 36.5 Å². The van der Waals surface area contributed by atoms with E-state index in [0.717, 1.165) is 11.3 Å². The summed E-state index contributed by atoms with van der Waals surface area (Å²) >= 11 is 0. The highest BCUT2D eigenvalue weighted by molar-refractivity contribution is 5.94. The molecular weight excluding hydrogens is 280 g/mol. The fourth-order valence-electron chi connectivity index (χ4n) is 2.56. The highest BCUT2D eigenvalue weighted by Gasteiger charge is 2.33. The van der Waals surface area contributed by atoms with E-state index in [-0.39, 0.29) is 11.9 Å². The van der Waals surface area contributed by atoms with Gasteiger partial charge in [-0.15, -0.1) is 5.10 Å². The number of likely N-dealkylation sites (tertiary alicyclic amines) is 1. The van der Waals surface area contributed by atoms with Crippen molar-refractivity contribution < 1.29 is 4.79 Å². The van der Waals surface area contributed by atoms with Crippen LogP contribution in [0.2, 0.25) is 0 Å². The Morgan fingerprint density at radius 3 is 2.77 bits per heavy atom. The van der Waals surface area contributed by atoms with Crippen LogP contribution in [0, 0.1) is 0 Å². The van der Waals surface area contributed by atoms with E-state index in [1.165, 1.54) is 0 Å². The summed E-state index contributed by atoms with van der Waals surface area (Å²) in [7, 11) is 0. The van der Waals surface area contributed by atoms with Crippen molar-refractivity contribution in [1.29, 1.82) is 0 Å². The maximum absolute atomic E-state index is 12.4. The number of nitrogens with zero attached hydrogens (tertiary/aromatic N) is 5. The molecule has 1 aliphatic heterocycles. The first-order valence-corrected chi connectivity index (χ1v) is 7.07. The molecule has 1 amide bonds. The minimum Gasteiger partial charge on any atom is -0.333 e. The normalized spacial score (nSPS) is 14.8. The monoisotopic (exact) mass is 294 g/mol. The number of carbonyl (C=O) groups is 1. The lowest BCUT2D eigenvalue weighted by atomic mass is 10.1. The largest absolute Gasteiger partial charge is 0.333 e. The number of H-pyrrole nitrogens is 1. The van der Waals surface area contributed by atoms with Gasteiger partial charge in [0.1, 0.15) is 5.69 Å². The standard InChI is InChI=1S/C15H14N6O/c22-15(20-9-12(10-20)21-7-6-16-19-21)14-8-13(17-18-14)11-4-2-1-3-5-11/h1-8,12H,9-10H2,(H,17,18). The molecule has 0 saturated carbocycles. The average molecular weight is 294 g/mol. The summed E-state index contributed by atoms with van der Waals surface area (Å²) in [4.78, 5) is 14.2. The fourth-order valence-corrected chi connectivity index (χ4v) is 2.56. The Morgan fingerprint density at radius 2 is 2.05 bits per heavy atom. The summed E-state index contributed by atoms with van der Waals surface area (Å²) in [5.74, 6) is -0.0361. The molecule has 0 spiro atoms. The van der Waals surface area contributed by atoms with Crippen molar-refractivity contribution in [2.24, 2.45) is 0 Å². The molecule has 22 heavy (non-hydrogen) atoms. The Labute approximate surface area is 126 Å². The minimum absolute atomic E-state index is 0.0361. The highest BCUT2D eigenvalue weighted by atomic mass is 16.2. The predicted molar refractivity (Wildman–Crippen MR) is 79.0 cm³/mol. The number of nitrogens with one attached hydrogen (secondary N) is 1. The van der Waals surface area contributed by atoms with Gasteiger partial charge in [-0.3, -0.25) is 9.89 Å². The van der Waals surface area contributed by atoms with Crippen molar-refractivity contribution >= 4 is 5.91 Å². The first kappa shape index (κ1) is 12.8. The second-order valence-electron chi connectivity index (χ2n) is 5.28. The first-order valence-electron chi connectivity index (χ1n) is 7.07. The number of aromatic nitrogens is 5. The highest BCUT2D eigenvalue weighted by Crippen LogP contribution is 2.23. The van der Waals surface area contributed by atoms with Gasteiger partial charge < -0.3 is 4.90 Å². The topological polar surface area (TPSA) is 79.7 Å². The van der Waals surface area contributed by atoms with Crippen LogP contribution >= 0.6 is 0 Å². The molecule has 2 aromatic heterocycles. The number of carbonyl (C=O) groups excluding carboxylic acids is 1. The summed E-state index contributed by atoms with van der Waals surface area (Å²) < 4.78 is 1.78. The van der Waals surface area contributed by atoms with Crippen LogP contribution in [0.25, 0.3) is 11.3 Å². The second kappa shape index (κ2) is 5.10. The molecule has 3 heterocycles. The molecule has 0 radical (unpaired) electrons. The Morgan fingerprint density at radius 1 is 1.23 bits per heavy atom. The molecule has 1 N–H and O–H groups in total. The number of rotatable bonds is 3. The number of hydrogen-bond donors (Lipinski definition) is 1. The van der Waals surface area contributed by atoms with E-state index >= 15 is 0 Å². The lowest BCUT2D eigenvalue weighted by Gasteiger charge is -2.38. The van der Waals surface area contributed by atoms with E-state index in [0.29, 0.717) is 18.8 Å². The molecule has 0 bridgehead atoms. The van der Waals surface area contributed by atoms with Crippen LogP contribution in [0.1, 0.15) is 16.5 Å². The van der Waals surface area contributed by atoms with Crippen LogP contribution in [-0.2, 0) is 0 Å². The fraction of sp³-hybridized carbons (Fsp3) is 0.200. The lowest BCUT2D eigenvalue weighted by Crippen LogP contribution is -2.51. The van der Waals surface area contributed by atoms with Crippen LogP contribution in [0.4, 0.5) is 0 Å². The van der Waals surface area contributed by atoms with Crippen LogP contribution in [0.5, 0.6) is 0 Å². The van der Waals surface area contributed by atoms with E-state index in [2.05, 4.69) is 20.5 Å². The molecular formula is C15H14N6O. The van der Waals surface area contributed by atoms with Gasteiger partial charge in [-0.05, 0) is 6.07 Å². The number of aromatic amines is 1. The minimum atomic E-state index is -0.0361. The lowest BCUT2D eigenvalue weighted by molar-refractivity contribution is 0.0492. The summed E-state index contributed by atoms with van der Waals surface area (Å²) in [6.45, 7) is 1.28. The quantitative estimate of drug-likeness (QED) is 0.791. The Bertz CT molecular complexity index is 773. The molecule has 1 fully saturated rings. The SMILES string of the molecule is O=C(c1cc(-c2ccccc2)n[nH]1)N1CC(n2ccnn2)C1. The summed E-state index contributed by atoms with van der Waals surface area (Å²) in [6.07, 6.45) is 3.46. The molecule has 4 rings (SSSR count). The van der Waals surface area contributed by atoms with Gasteiger partial charge in [0.15, 0.2) is 0 Å². The predicted octanol–water partition coefficient (Wildman–Crippen LogP) is 1.37. The summed E-state index contributed by atoms with van der Waals surface area (Å²) in [6, 6.07) is 11.8. The molecule has 0 unspecified atom stereocenters. The Hall–Kier alpha value is -2.96. The third-order valence-corrected chi connectivity index (χ3v) is 3.84. The van der Waals surface area contributed by atoms with Crippen molar-refractivity contribution in [3.63, 3.8) is 0 Å². The zero-order valence-electron chi connectivity index (χ0n) is 11.8. The van der Waals surface area contributed by atoms with Crippen molar-refractivity contribution in [3.8, 4) is 11.3 Å². The molecule has 1 aromatic carbocycles. The zero-order valence-corrected chi connectivity index (χ0v) is 11.8. The van der Waals surface area contributed by atoms with Crippen molar-refractivity contribution in [3.05, 3.63) is 54.5 Å². The van der Waals surface area contributed by atoms with Gasteiger partial charge in [-0.25, -0.2) is 4.68 Å². The van der Waals surface area contributed by atoms with Gasteiger partial charge in [0.25, 0.3) is 5.91 Å². The Balaban J connectivity index is 1.45. The van der Waals surface area contributed by atoms with Crippen LogP contribution in [-0.4, -0.2) is 49.1 Å². The van der Waals surface area contributed by atoms with Crippen LogP contribution in [0.3, 0.4) is 0 Å². The van der Waals surface area contributed by atoms with Gasteiger partial charge in [0.05, 0.1) is 17.9 Å². The molecule has 1 saturated heterocycles. The van der Waals surface area contributed by atoms with Gasteiger partial charge >= 0.3 is 0 Å². The summed E-state index contributed by atoms with van der Waals surface area (Å²) in [5, 5.41) is 14.8. The Kier molecular flexibility index (Phi) is 2.96. The first-order chi connectivity index (χ1) is 10.8. The van der Waals surface area contributed by atoms with Gasteiger partial charge in [0, 0.05) is 24.8 Å². The van der Waals surface area contributed by atoms with Crippen LogP contribution in [0.15, 0.2) is 48.8 Å². The maximum atomic E-state index is 12.4. The van der Waals surface area contributed by atoms with E-state index in [4.69, 9.17) is 0 Å². The van der Waals surface area contributed by atoms with Gasteiger partial charge in [-0.1, -0.05) is 35.5 Å². The number of hydrogen-bond acceptors (Lipinski definition) is 4. The van der Waals surface area contributed by atoms with Crippen LogP contribution < -0.4 is 0 Å². The van der Waals surface area contributed by atoms with E-state index in [1.54, 1.807) is 21.8 Å². The second-order valence-corrected chi connectivity index (χ2v) is 5.28. The molecule has 0 atom stereocenters. The van der Waals surface area contributed by atoms with E-state index < -0.39 is 0 Å². The molecule has 0 aliphatic carbocycles. The smallest absolute Gasteiger partial charge is 0.272 e. The average Bonchev–Trinajstić information content (AvgIpc) is 3.18. The molecule has 3 aromatic rings.